The molecule has 0 N–H and O–H groups in total. The number of benzene rings is 1. The van der Waals surface area contributed by atoms with Crippen molar-refractivity contribution in [1.29, 1.82) is 0 Å². The van der Waals surface area contributed by atoms with Crippen molar-refractivity contribution in [2.24, 2.45) is 0 Å². The lowest BCUT2D eigenvalue weighted by molar-refractivity contribution is -0.132. The molecular formula is C10H11NO2S. The van der Waals surface area contributed by atoms with E-state index >= 15 is 0 Å². The van der Waals surface area contributed by atoms with Gasteiger partial charge in [0, 0.05) is 13.0 Å². The molecule has 14 heavy (non-hydrogen) atoms. The van der Waals surface area contributed by atoms with E-state index in [9.17, 15) is 9.00 Å². The molecule has 1 saturated heterocycles. The maximum atomic E-state index is 11.6. The molecule has 1 atom stereocenters. The van der Waals surface area contributed by atoms with E-state index < -0.39 is 11.0 Å². The van der Waals surface area contributed by atoms with Gasteiger partial charge < -0.3 is 0 Å². The average molecular weight is 209 g/mol. The van der Waals surface area contributed by atoms with Gasteiger partial charge in [0.1, 0.15) is 11.0 Å². The standard InChI is InChI=1S/C10H11NO2S/c12-10-6-7-11(10)14(13)8-9-4-2-1-3-5-9/h1-5H,6-8H2. The van der Waals surface area contributed by atoms with Gasteiger partial charge in [0.25, 0.3) is 0 Å². The summed E-state index contributed by atoms with van der Waals surface area (Å²) >= 11 is 0. The molecule has 3 nitrogen and oxygen atoms in total. The van der Waals surface area contributed by atoms with Crippen LogP contribution in [-0.4, -0.2) is 21.0 Å². The maximum Gasteiger partial charge on any atom is 0.236 e. The summed E-state index contributed by atoms with van der Waals surface area (Å²) in [6.45, 7) is 0.637. The van der Waals surface area contributed by atoms with Crippen molar-refractivity contribution in [3.05, 3.63) is 35.9 Å². The monoisotopic (exact) mass is 209 g/mol. The molecule has 1 amide bonds. The molecule has 0 bridgehead atoms. The Kier molecular flexibility index (Phi) is 2.63. The summed E-state index contributed by atoms with van der Waals surface area (Å²) in [6.07, 6.45) is 0.542. The van der Waals surface area contributed by atoms with Crippen molar-refractivity contribution in [1.82, 2.24) is 4.31 Å². The topological polar surface area (TPSA) is 37.4 Å². The summed E-state index contributed by atoms with van der Waals surface area (Å²) in [7, 11) is -1.18. The highest BCUT2D eigenvalue weighted by atomic mass is 32.2. The van der Waals surface area contributed by atoms with Crippen LogP contribution >= 0.6 is 0 Å². The van der Waals surface area contributed by atoms with Crippen molar-refractivity contribution in [2.75, 3.05) is 6.54 Å². The van der Waals surface area contributed by atoms with Crippen LogP contribution in [0.3, 0.4) is 0 Å². The Balaban J connectivity index is 1.98. The third kappa shape index (κ3) is 1.85. The lowest BCUT2D eigenvalue weighted by Gasteiger charge is -2.28. The van der Waals surface area contributed by atoms with Crippen molar-refractivity contribution in [3.8, 4) is 0 Å². The highest BCUT2D eigenvalue weighted by Gasteiger charge is 2.28. The Morgan fingerprint density at radius 1 is 1.29 bits per heavy atom. The number of nitrogens with zero attached hydrogens (tertiary/aromatic N) is 1. The number of amides is 1. The Bertz CT molecular complexity index is 364. The summed E-state index contributed by atoms with van der Waals surface area (Å²) in [5.74, 6) is 0.436. The minimum absolute atomic E-state index is 0.000681. The van der Waals surface area contributed by atoms with Gasteiger partial charge >= 0.3 is 0 Å². The largest absolute Gasteiger partial charge is 0.274 e. The molecule has 4 heteroatoms. The second-order valence-electron chi connectivity index (χ2n) is 3.20. The molecule has 0 spiro atoms. The van der Waals surface area contributed by atoms with Crippen LogP contribution in [0.1, 0.15) is 12.0 Å². The fourth-order valence-corrected chi connectivity index (χ4v) is 2.55. The first kappa shape index (κ1) is 9.40. The molecule has 0 radical (unpaired) electrons. The van der Waals surface area contributed by atoms with Gasteiger partial charge in [-0.15, -0.1) is 0 Å². The van der Waals surface area contributed by atoms with E-state index in [-0.39, 0.29) is 5.91 Å². The molecule has 0 saturated carbocycles. The minimum Gasteiger partial charge on any atom is -0.274 e. The van der Waals surface area contributed by atoms with Crippen LogP contribution in [0.15, 0.2) is 30.3 Å². The van der Waals surface area contributed by atoms with Crippen molar-refractivity contribution in [2.45, 2.75) is 12.2 Å². The maximum absolute atomic E-state index is 11.6. The highest BCUT2D eigenvalue weighted by molar-refractivity contribution is 7.82. The molecule has 1 unspecified atom stereocenters. The van der Waals surface area contributed by atoms with Crippen LogP contribution in [0.4, 0.5) is 0 Å². The number of β-lactam (4-membered cyclic amide) rings is 1. The minimum atomic E-state index is -1.18. The molecule has 2 rings (SSSR count). The van der Waals surface area contributed by atoms with Crippen LogP contribution in [0.5, 0.6) is 0 Å². The van der Waals surface area contributed by atoms with Crippen molar-refractivity contribution in [3.63, 3.8) is 0 Å². The van der Waals surface area contributed by atoms with E-state index in [1.54, 1.807) is 0 Å². The summed E-state index contributed by atoms with van der Waals surface area (Å²) < 4.78 is 13.0. The smallest absolute Gasteiger partial charge is 0.236 e. The fraction of sp³-hybridized carbons (Fsp3) is 0.300. The van der Waals surface area contributed by atoms with Gasteiger partial charge in [-0.25, -0.2) is 4.21 Å². The van der Waals surface area contributed by atoms with Gasteiger partial charge in [0.2, 0.25) is 5.91 Å². The fourth-order valence-electron chi connectivity index (χ4n) is 1.30. The number of carbonyl (C=O) groups excluding carboxylic acids is 1. The second-order valence-corrected chi connectivity index (χ2v) is 4.57. The normalized spacial score (nSPS) is 17.7. The zero-order valence-electron chi connectivity index (χ0n) is 7.68. The predicted octanol–water partition coefficient (Wildman–Crippen LogP) is 1.08. The van der Waals surface area contributed by atoms with Gasteiger partial charge in [0.05, 0.1) is 5.75 Å². The van der Waals surface area contributed by atoms with E-state index in [1.807, 2.05) is 30.3 Å². The third-order valence-corrected chi connectivity index (χ3v) is 3.64. The lowest BCUT2D eigenvalue weighted by Crippen LogP contribution is -2.44. The lowest BCUT2D eigenvalue weighted by atomic mass is 10.2. The first-order valence-electron chi connectivity index (χ1n) is 4.50. The van der Waals surface area contributed by atoms with Crippen LogP contribution < -0.4 is 0 Å². The zero-order valence-corrected chi connectivity index (χ0v) is 8.50. The molecule has 1 aliphatic heterocycles. The molecule has 0 aromatic heterocycles. The molecular weight excluding hydrogens is 198 g/mol. The first-order chi connectivity index (χ1) is 6.77. The van der Waals surface area contributed by atoms with Crippen molar-refractivity contribution >= 4 is 16.9 Å². The zero-order chi connectivity index (χ0) is 9.97. The van der Waals surface area contributed by atoms with Gasteiger partial charge in [-0.3, -0.25) is 9.10 Å². The third-order valence-electron chi connectivity index (χ3n) is 2.19. The summed E-state index contributed by atoms with van der Waals surface area (Å²) in [6, 6.07) is 9.57. The van der Waals surface area contributed by atoms with Gasteiger partial charge in [-0.2, -0.15) is 0 Å². The summed E-state index contributed by atoms with van der Waals surface area (Å²) in [5, 5.41) is 0. The molecule has 1 aromatic rings. The molecule has 1 heterocycles. The number of rotatable bonds is 3. The van der Waals surface area contributed by atoms with Crippen LogP contribution in [0, 0.1) is 0 Å². The van der Waals surface area contributed by atoms with Gasteiger partial charge in [-0.1, -0.05) is 30.3 Å². The van der Waals surface area contributed by atoms with E-state index in [1.165, 1.54) is 4.31 Å². The van der Waals surface area contributed by atoms with E-state index in [4.69, 9.17) is 0 Å². The van der Waals surface area contributed by atoms with Crippen LogP contribution in [0.25, 0.3) is 0 Å². The molecule has 1 aromatic carbocycles. The van der Waals surface area contributed by atoms with E-state index in [0.29, 0.717) is 18.7 Å². The molecule has 1 aliphatic rings. The second kappa shape index (κ2) is 3.92. The predicted molar refractivity (Wildman–Crippen MR) is 54.6 cm³/mol. The highest BCUT2D eigenvalue weighted by Crippen LogP contribution is 2.14. The number of carbonyl (C=O) groups is 1. The van der Waals surface area contributed by atoms with Gasteiger partial charge in [-0.05, 0) is 5.56 Å². The van der Waals surface area contributed by atoms with Crippen LogP contribution in [0.2, 0.25) is 0 Å². The SMILES string of the molecule is O=C1CCN1S(=O)Cc1ccccc1. The molecule has 74 valence electrons. The van der Waals surface area contributed by atoms with E-state index in [2.05, 4.69) is 0 Å². The first-order valence-corrected chi connectivity index (χ1v) is 5.78. The average Bonchev–Trinajstić information content (AvgIpc) is 2.17. The Labute approximate surface area is 85.3 Å². The van der Waals surface area contributed by atoms with Crippen molar-refractivity contribution < 1.29 is 9.00 Å². The number of hydrogen-bond donors (Lipinski definition) is 0. The van der Waals surface area contributed by atoms with Crippen LogP contribution in [-0.2, 0) is 21.5 Å². The Hall–Kier alpha value is -1.16. The van der Waals surface area contributed by atoms with E-state index in [0.717, 1.165) is 5.56 Å². The quantitative estimate of drug-likeness (QED) is 0.699. The summed E-state index contributed by atoms with van der Waals surface area (Å²) in [5.41, 5.74) is 1.01. The molecule has 1 fully saturated rings. The Morgan fingerprint density at radius 3 is 2.50 bits per heavy atom. The number of hydrogen-bond acceptors (Lipinski definition) is 2. The van der Waals surface area contributed by atoms with Gasteiger partial charge in [0.15, 0.2) is 0 Å². The Morgan fingerprint density at radius 2 is 2.00 bits per heavy atom. The molecule has 0 aliphatic carbocycles. The summed E-state index contributed by atoms with van der Waals surface area (Å²) in [4.78, 5) is 11.0.